The summed E-state index contributed by atoms with van der Waals surface area (Å²) in [6.07, 6.45) is 0.594. The van der Waals surface area contributed by atoms with E-state index in [-0.39, 0.29) is 18.0 Å². The fourth-order valence-electron chi connectivity index (χ4n) is 2.78. The van der Waals surface area contributed by atoms with Gasteiger partial charge in [-0.25, -0.2) is 4.39 Å². The van der Waals surface area contributed by atoms with Crippen LogP contribution in [-0.2, 0) is 0 Å². The predicted molar refractivity (Wildman–Crippen MR) is 81.8 cm³/mol. The van der Waals surface area contributed by atoms with Gasteiger partial charge in [-0.1, -0.05) is 38.1 Å². The maximum absolute atomic E-state index is 13.3. The van der Waals surface area contributed by atoms with E-state index in [1.807, 2.05) is 0 Å². The highest BCUT2D eigenvalue weighted by molar-refractivity contribution is 5.40. The van der Waals surface area contributed by atoms with Crippen LogP contribution in [0, 0.1) is 5.82 Å². The van der Waals surface area contributed by atoms with Gasteiger partial charge in [-0.05, 0) is 35.2 Å². The summed E-state index contributed by atoms with van der Waals surface area (Å²) in [5.41, 5.74) is 9.35. The van der Waals surface area contributed by atoms with E-state index >= 15 is 0 Å². The third-order valence-corrected chi connectivity index (χ3v) is 4.08. The zero-order valence-corrected chi connectivity index (χ0v) is 12.3. The lowest BCUT2D eigenvalue weighted by Crippen LogP contribution is -2.24. The fraction of sp³-hybridized carbons (Fsp3) is 0.333. The van der Waals surface area contributed by atoms with Crippen molar-refractivity contribution in [1.82, 2.24) is 0 Å². The molecule has 0 radical (unpaired) electrons. The largest absolute Gasteiger partial charge is 0.485 e. The highest BCUT2D eigenvalue weighted by Gasteiger charge is 2.27. The lowest BCUT2D eigenvalue weighted by atomic mass is 9.92. The fourth-order valence-corrected chi connectivity index (χ4v) is 2.78. The van der Waals surface area contributed by atoms with Crippen molar-refractivity contribution in [2.24, 2.45) is 5.73 Å². The molecule has 0 aromatic heterocycles. The van der Waals surface area contributed by atoms with Crippen LogP contribution in [0.1, 0.15) is 55.0 Å². The van der Waals surface area contributed by atoms with Crippen LogP contribution in [0.4, 0.5) is 4.39 Å². The molecule has 2 nitrogen and oxygen atoms in total. The third kappa shape index (κ3) is 2.79. The van der Waals surface area contributed by atoms with Crippen LogP contribution in [0.15, 0.2) is 42.5 Å². The molecule has 110 valence electrons. The van der Waals surface area contributed by atoms with Crippen molar-refractivity contribution >= 4 is 0 Å². The number of ether oxygens (including phenoxy) is 1. The first-order valence-corrected chi connectivity index (χ1v) is 7.36. The quantitative estimate of drug-likeness (QED) is 0.883. The van der Waals surface area contributed by atoms with E-state index in [9.17, 15) is 4.39 Å². The van der Waals surface area contributed by atoms with E-state index in [2.05, 4.69) is 38.1 Å². The van der Waals surface area contributed by atoms with E-state index in [4.69, 9.17) is 10.5 Å². The molecule has 0 aliphatic carbocycles. The van der Waals surface area contributed by atoms with Gasteiger partial charge in [0.2, 0.25) is 0 Å². The second-order valence-corrected chi connectivity index (χ2v) is 5.95. The molecular formula is C18H20FNO. The Morgan fingerprint density at radius 2 is 1.86 bits per heavy atom. The first kappa shape index (κ1) is 14.1. The number of benzene rings is 2. The van der Waals surface area contributed by atoms with Crippen LogP contribution >= 0.6 is 0 Å². The molecule has 3 rings (SSSR count). The van der Waals surface area contributed by atoms with E-state index in [1.54, 1.807) is 6.07 Å². The summed E-state index contributed by atoms with van der Waals surface area (Å²) in [6.45, 7) is 4.35. The second kappa shape index (κ2) is 5.49. The van der Waals surface area contributed by atoms with Gasteiger partial charge in [-0.3, -0.25) is 0 Å². The molecule has 2 aromatic carbocycles. The van der Waals surface area contributed by atoms with Crippen LogP contribution in [0.5, 0.6) is 5.75 Å². The number of hydrogen-bond donors (Lipinski definition) is 1. The van der Waals surface area contributed by atoms with Gasteiger partial charge in [0.1, 0.15) is 17.7 Å². The van der Waals surface area contributed by atoms with Gasteiger partial charge in [0.05, 0.1) is 0 Å². The molecular weight excluding hydrogens is 265 g/mol. The number of hydrogen-bond acceptors (Lipinski definition) is 2. The molecule has 0 bridgehead atoms. The van der Waals surface area contributed by atoms with Gasteiger partial charge in [0.25, 0.3) is 0 Å². The van der Waals surface area contributed by atoms with Crippen LogP contribution in [0.25, 0.3) is 0 Å². The van der Waals surface area contributed by atoms with Gasteiger partial charge in [-0.15, -0.1) is 0 Å². The smallest absolute Gasteiger partial charge is 0.126 e. The monoisotopic (exact) mass is 285 g/mol. The standard InChI is InChI=1S/C18H20FNO/c1-11(2)12-3-5-13(6-4-12)18-10-16(20)15-9-14(19)7-8-17(15)21-18/h3-9,11,16,18H,10,20H2,1-2H3. The molecule has 1 heterocycles. The molecule has 2 aromatic rings. The van der Waals surface area contributed by atoms with Gasteiger partial charge in [0, 0.05) is 18.0 Å². The molecule has 1 aliphatic rings. The Morgan fingerprint density at radius 3 is 2.52 bits per heavy atom. The Labute approximate surface area is 124 Å². The SMILES string of the molecule is CC(C)c1ccc(C2CC(N)c3cc(F)ccc3O2)cc1. The van der Waals surface area contributed by atoms with Crippen molar-refractivity contribution in [3.8, 4) is 5.75 Å². The molecule has 3 heteroatoms. The summed E-state index contributed by atoms with van der Waals surface area (Å²) in [4.78, 5) is 0. The first-order chi connectivity index (χ1) is 10.0. The van der Waals surface area contributed by atoms with Crippen molar-refractivity contribution in [3.05, 3.63) is 65.0 Å². The molecule has 0 saturated carbocycles. The van der Waals surface area contributed by atoms with Crippen LogP contribution < -0.4 is 10.5 Å². The highest BCUT2D eigenvalue weighted by atomic mass is 19.1. The maximum Gasteiger partial charge on any atom is 0.126 e. The van der Waals surface area contributed by atoms with Gasteiger partial charge in [-0.2, -0.15) is 0 Å². The Hall–Kier alpha value is -1.87. The summed E-state index contributed by atoms with van der Waals surface area (Å²) in [5.74, 6) is 0.929. The summed E-state index contributed by atoms with van der Waals surface area (Å²) < 4.78 is 19.3. The van der Waals surface area contributed by atoms with Crippen LogP contribution in [0.2, 0.25) is 0 Å². The molecule has 1 aliphatic heterocycles. The highest BCUT2D eigenvalue weighted by Crippen LogP contribution is 2.40. The Morgan fingerprint density at radius 1 is 1.14 bits per heavy atom. The number of halogens is 1. The van der Waals surface area contributed by atoms with Gasteiger partial charge >= 0.3 is 0 Å². The second-order valence-electron chi connectivity index (χ2n) is 5.95. The van der Waals surface area contributed by atoms with Gasteiger partial charge in [0.15, 0.2) is 0 Å². The topological polar surface area (TPSA) is 35.2 Å². The molecule has 0 saturated heterocycles. The van der Waals surface area contributed by atoms with Crippen molar-refractivity contribution in [2.45, 2.75) is 38.3 Å². The minimum atomic E-state index is -0.271. The minimum absolute atomic E-state index is 0.0702. The molecule has 0 fully saturated rings. The van der Waals surface area contributed by atoms with Crippen LogP contribution in [-0.4, -0.2) is 0 Å². The third-order valence-electron chi connectivity index (χ3n) is 4.08. The van der Waals surface area contributed by atoms with E-state index in [0.717, 1.165) is 11.1 Å². The summed E-state index contributed by atoms with van der Waals surface area (Å²) in [6, 6.07) is 12.8. The lowest BCUT2D eigenvalue weighted by Gasteiger charge is -2.30. The normalized spacial score (nSPS) is 21.0. The van der Waals surface area contributed by atoms with Crippen molar-refractivity contribution < 1.29 is 9.13 Å². The zero-order chi connectivity index (χ0) is 15.0. The molecule has 0 amide bonds. The lowest BCUT2D eigenvalue weighted by molar-refractivity contribution is 0.161. The van der Waals surface area contributed by atoms with E-state index in [0.29, 0.717) is 18.1 Å². The minimum Gasteiger partial charge on any atom is -0.485 e. The van der Waals surface area contributed by atoms with Crippen molar-refractivity contribution in [3.63, 3.8) is 0 Å². The van der Waals surface area contributed by atoms with E-state index in [1.165, 1.54) is 17.7 Å². The molecule has 21 heavy (non-hydrogen) atoms. The van der Waals surface area contributed by atoms with Crippen LogP contribution in [0.3, 0.4) is 0 Å². The predicted octanol–water partition coefficient (Wildman–Crippen LogP) is 4.47. The maximum atomic E-state index is 13.3. The summed E-state index contributed by atoms with van der Waals surface area (Å²) in [5, 5.41) is 0. The van der Waals surface area contributed by atoms with Crippen molar-refractivity contribution in [1.29, 1.82) is 0 Å². The summed E-state index contributed by atoms with van der Waals surface area (Å²) >= 11 is 0. The Balaban J connectivity index is 1.86. The Bertz CT molecular complexity index is 636. The average molecular weight is 285 g/mol. The summed E-state index contributed by atoms with van der Waals surface area (Å²) in [7, 11) is 0. The zero-order valence-electron chi connectivity index (χ0n) is 12.3. The number of nitrogens with two attached hydrogens (primary N) is 1. The van der Waals surface area contributed by atoms with E-state index < -0.39 is 0 Å². The molecule has 2 unspecified atom stereocenters. The Kier molecular flexibility index (Phi) is 3.68. The number of fused-ring (bicyclic) bond motifs is 1. The average Bonchev–Trinajstić information content (AvgIpc) is 2.48. The molecule has 2 N–H and O–H groups in total. The first-order valence-electron chi connectivity index (χ1n) is 7.36. The number of rotatable bonds is 2. The molecule has 0 spiro atoms. The molecule has 2 atom stereocenters. The van der Waals surface area contributed by atoms with Gasteiger partial charge < -0.3 is 10.5 Å². The van der Waals surface area contributed by atoms with Crippen molar-refractivity contribution in [2.75, 3.05) is 0 Å².